The quantitative estimate of drug-likeness (QED) is 0.291. The number of aromatic hydroxyl groups is 2. The summed E-state index contributed by atoms with van der Waals surface area (Å²) in [5.41, 5.74) is -1.04. The van der Waals surface area contributed by atoms with Crippen molar-refractivity contribution < 1.29 is 20.2 Å². The molecule has 2 aromatic rings. The summed E-state index contributed by atoms with van der Waals surface area (Å²) in [5, 5.41) is 29.7. The van der Waals surface area contributed by atoms with Crippen LogP contribution in [-0.4, -0.2) is 25.9 Å². The number of carbonyl (C=O) groups excluding carboxylic acids is 1. The molecular weight excluding hydrogens is 358 g/mol. The summed E-state index contributed by atoms with van der Waals surface area (Å²) in [6, 6.07) is 5.76. The summed E-state index contributed by atoms with van der Waals surface area (Å²) in [5.74, 6) is -0.787. The van der Waals surface area contributed by atoms with Gasteiger partial charge in [0.05, 0.1) is 6.20 Å². The van der Waals surface area contributed by atoms with E-state index in [1.165, 1.54) is 30.3 Å². The van der Waals surface area contributed by atoms with Crippen LogP contribution in [0.25, 0.3) is 11.1 Å². The lowest BCUT2D eigenvalue weighted by Crippen LogP contribution is -2.24. The topological polar surface area (TPSA) is 99.8 Å². The van der Waals surface area contributed by atoms with Gasteiger partial charge in [0.1, 0.15) is 17.1 Å². The first kappa shape index (κ1) is 20.8. The van der Waals surface area contributed by atoms with E-state index in [4.69, 9.17) is 0 Å². The van der Waals surface area contributed by atoms with Crippen molar-refractivity contribution in [2.45, 2.75) is 20.3 Å². The number of aromatic nitrogens is 1. The van der Waals surface area contributed by atoms with E-state index in [2.05, 4.69) is 13.8 Å². The van der Waals surface area contributed by atoms with E-state index in [0.717, 1.165) is 18.7 Å². The molecule has 1 aromatic heterocycles. The largest absolute Gasteiger partial charge is 0.508 e. The number of carbonyl (C=O) groups is 1. The highest BCUT2D eigenvalue weighted by atomic mass is 16.5. The normalized spacial score (nSPS) is 12.9. The summed E-state index contributed by atoms with van der Waals surface area (Å²) in [4.78, 5) is 24.5. The second kappa shape index (κ2) is 9.41. The molecular formula is C22H23NO5. The van der Waals surface area contributed by atoms with E-state index in [0.29, 0.717) is 11.5 Å². The van der Waals surface area contributed by atoms with Crippen molar-refractivity contribution in [3.63, 3.8) is 0 Å². The first-order valence-electron chi connectivity index (χ1n) is 8.88. The van der Waals surface area contributed by atoms with Crippen molar-refractivity contribution in [1.82, 2.24) is 4.73 Å². The average molecular weight is 381 g/mol. The lowest BCUT2D eigenvalue weighted by atomic mass is 10.0. The van der Waals surface area contributed by atoms with Gasteiger partial charge in [-0.25, -0.2) is 0 Å². The third kappa shape index (κ3) is 5.01. The highest BCUT2D eigenvalue weighted by Crippen LogP contribution is 2.31. The number of allylic oxidation sites excluding steroid dienone is 6. The second-order valence-corrected chi connectivity index (χ2v) is 6.34. The highest BCUT2D eigenvalue weighted by Gasteiger charge is 2.20. The lowest BCUT2D eigenvalue weighted by molar-refractivity contribution is 0.103. The van der Waals surface area contributed by atoms with Gasteiger partial charge in [-0.1, -0.05) is 62.8 Å². The molecule has 2 rings (SSSR count). The average Bonchev–Trinajstić information content (AvgIpc) is 2.68. The second-order valence-electron chi connectivity index (χ2n) is 6.34. The molecule has 146 valence electrons. The van der Waals surface area contributed by atoms with Gasteiger partial charge in [0.25, 0.3) is 5.56 Å². The lowest BCUT2D eigenvalue weighted by Gasteiger charge is -2.10. The predicted octanol–water partition coefficient (Wildman–Crippen LogP) is 4.06. The third-order valence-electron chi connectivity index (χ3n) is 4.25. The van der Waals surface area contributed by atoms with Gasteiger partial charge in [-0.3, -0.25) is 9.59 Å². The number of nitrogens with zero attached hydrogens (tertiary/aromatic N) is 1. The zero-order chi connectivity index (χ0) is 20.7. The van der Waals surface area contributed by atoms with Crippen LogP contribution in [-0.2, 0) is 0 Å². The molecule has 0 saturated heterocycles. The van der Waals surface area contributed by atoms with Crippen molar-refractivity contribution in [3.8, 4) is 22.6 Å². The maximum atomic E-state index is 12.4. The molecule has 0 radical (unpaired) electrons. The van der Waals surface area contributed by atoms with Crippen LogP contribution in [0.3, 0.4) is 0 Å². The van der Waals surface area contributed by atoms with Crippen LogP contribution in [0, 0.1) is 5.92 Å². The Morgan fingerprint density at radius 2 is 1.75 bits per heavy atom. The van der Waals surface area contributed by atoms with Crippen molar-refractivity contribution in [2.75, 3.05) is 0 Å². The number of phenolic OH excluding ortho intramolecular Hbond substituents is 1. The standard InChI is InChI=1S/C22H23NO5/c1-3-15(2)8-6-4-5-7-9-19(25)20-21(26)18(14-23(28)22(20)27)16-10-12-17(24)13-11-16/h4-15,24,26,28H,3H2,1-2H3/b5-4+,8-6+,9-7+/t15-/m1/s1. The Morgan fingerprint density at radius 3 is 2.39 bits per heavy atom. The molecule has 0 saturated carbocycles. The SMILES string of the molecule is CC[C@@H](C)/C=C/C=C/C=C/C(=O)c1c(O)c(-c2ccc(O)cc2)cn(O)c1=O. The first-order valence-corrected chi connectivity index (χ1v) is 8.88. The predicted molar refractivity (Wildman–Crippen MR) is 108 cm³/mol. The van der Waals surface area contributed by atoms with E-state index in [1.807, 2.05) is 12.2 Å². The molecule has 0 fully saturated rings. The molecule has 28 heavy (non-hydrogen) atoms. The fraction of sp³-hybridized carbons (Fsp3) is 0.182. The molecule has 0 amide bonds. The summed E-state index contributed by atoms with van der Waals surface area (Å²) in [6.45, 7) is 4.18. The van der Waals surface area contributed by atoms with Crippen LogP contribution in [0.5, 0.6) is 11.5 Å². The van der Waals surface area contributed by atoms with Crippen LogP contribution in [0.1, 0.15) is 30.6 Å². The molecule has 0 bridgehead atoms. The molecule has 0 spiro atoms. The van der Waals surface area contributed by atoms with E-state index in [9.17, 15) is 25.0 Å². The van der Waals surface area contributed by atoms with Crippen LogP contribution < -0.4 is 5.56 Å². The number of phenols is 1. The molecule has 6 heteroatoms. The van der Waals surface area contributed by atoms with Gasteiger partial charge in [-0.2, -0.15) is 4.73 Å². The molecule has 3 N–H and O–H groups in total. The van der Waals surface area contributed by atoms with Gasteiger partial charge < -0.3 is 15.4 Å². The van der Waals surface area contributed by atoms with Crippen LogP contribution in [0.4, 0.5) is 0 Å². The monoisotopic (exact) mass is 381 g/mol. The summed E-state index contributed by atoms with van der Waals surface area (Å²) >= 11 is 0. The molecule has 6 nitrogen and oxygen atoms in total. The number of rotatable bonds is 7. The highest BCUT2D eigenvalue weighted by molar-refractivity contribution is 6.07. The van der Waals surface area contributed by atoms with Crippen molar-refractivity contribution in [1.29, 1.82) is 0 Å². The van der Waals surface area contributed by atoms with Crippen molar-refractivity contribution in [2.24, 2.45) is 5.92 Å². The van der Waals surface area contributed by atoms with E-state index >= 15 is 0 Å². The minimum atomic E-state index is -1.02. The van der Waals surface area contributed by atoms with Crippen LogP contribution in [0.15, 0.2) is 71.7 Å². The fourth-order valence-electron chi connectivity index (χ4n) is 2.41. The number of pyridine rings is 1. The summed E-state index contributed by atoms with van der Waals surface area (Å²) < 4.78 is 0.258. The Kier molecular flexibility index (Phi) is 6.98. The Balaban J connectivity index is 2.32. The number of hydrogen-bond acceptors (Lipinski definition) is 5. The first-order chi connectivity index (χ1) is 13.3. The Hall–Kier alpha value is -3.54. The van der Waals surface area contributed by atoms with Gasteiger partial charge in [0, 0.05) is 5.56 Å². The van der Waals surface area contributed by atoms with E-state index < -0.39 is 22.7 Å². The maximum Gasteiger partial charge on any atom is 0.297 e. The Labute approximate surface area is 163 Å². The molecule has 1 heterocycles. The summed E-state index contributed by atoms with van der Waals surface area (Å²) in [6.07, 6.45) is 11.9. The maximum absolute atomic E-state index is 12.4. The smallest absolute Gasteiger partial charge is 0.297 e. The molecule has 0 unspecified atom stereocenters. The summed E-state index contributed by atoms with van der Waals surface area (Å²) in [7, 11) is 0. The van der Waals surface area contributed by atoms with Crippen LogP contribution >= 0.6 is 0 Å². The number of benzene rings is 1. The number of ketones is 1. The fourth-order valence-corrected chi connectivity index (χ4v) is 2.41. The zero-order valence-electron chi connectivity index (χ0n) is 15.7. The molecule has 0 aliphatic rings. The minimum Gasteiger partial charge on any atom is -0.508 e. The van der Waals surface area contributed by atoms with Crippen molar-refractivity contribution >= 4 is 5.78 Å². The van der Waals surface area contributed by atoms with E-state index in [1.54, 1.807) is 12.2 Å². The van der Waals surface area contributed by atoms with Crippen molar-refractivity contribution in [3.05, 3.63) is 82.8 Å². The van der Waals surface area contributed by atoms with Gasteiger partial charge in [-0.05, 0) is 29.7 Å². The van der Waals surface area contributed by atoms with Gasteiger partial charge in [0.15, 0.2) is 5.78 Å². The van der Waals surface area contributed by atoms with Gasteiger partial charge in [-0.15, -0.1) is 0 Å². The Bertz CT molecular complexity index is 981. The molecule has 0 aliphatic carbocycles. The molecule has 1 atom stereocenters. The van der Waals surface area contributed by atoms with Gasteiger partial charge >= 0.3 is 0 Å². The zero-order valence-corrected chi connectivity index (χ0v) is 15.7. The Morgan fingerprint density at radius 1 is 1.11 bits per heavy atom. The molecule has 0 aliphatic heterocycles. The van der Waals surface area contributed by atoms with Gasteiger partial charge in [0.2, 0.25) is 0 Å². The van der Waals surface area contributed by atoms with E-state index in [-0.39, 0.29) is 16.0 Å². The third-order valence-corrected chi connectivity index (χ3v) is 4.25. The van der Waals surface area contributed by atoms with Crippen LogP contribution in [0.2, 0.25) is 0 Å². The number of hydrogen-bond donors (Lipinski definition) is 3. The molecule has 1 aromatic carbocycles. The minimum absolute atomic E-state index is 0.0222.